The van der Waals surface area contributed by atoms with Gasteiger partial charge in [-0.1, -0.05) is 36.4 Å². The fraction of sp³-hybridized carbons (Fsp3) is 0.464. The van der Waals surface area contributed by atoms with Gasteiger partial charge in [0.25, 0.3) is 0 Å². The molecule has 402 valence electrons. The summed E-state index contributed by atoms with van der Waals surface area (Å²) in [6.45, 7) is 23.0. The maximum absolute atomic E-state index is 13.8. The fourth-order valence-electron chi connectivity index (χ4n) is 9.84. The van der Waals surface area contributed by atoms with Crippen LogP contribution in [0.25, 0.3) is 16.9 Å². The van der Waals surface area contributed by atoms with E-state index in [0.717, 1.165) is 94.2 Å². The molecule has 5 aliphatic rings. The predicted molar refractivity (Wildman–Crippen MR) is 293 cm³/mol. The predicted octanol–water partition coefficient (Wildman–Crippen LogP) is 11.6. The van der Waals surface area contributed by atoms with Crippen LogP contribution in [-0.2, 0) is 18.8 Å². The van der Waals surface area contributed by atoms with Crippen LogP contribution in [0.4, 0.5) is 30.0 Å². The van der Waals surface area contributed by atoms with Gasteiger partial charge in [0, 0.05) is 32.7 Å². The number of rotatable bonds is 6. The summed E-state index contributed by atoms with van der Waals surface area (Å²) in [5.41, 5.74) is 4.60. The summed E-state index contributed by atoms with van der Waals surface area (Å²) >= 11 is 3.45. The first-order valence-electron chi connectivity index (χ1n) is 26.0. The molecule has 0 saturated carbocycles. The molecule has 0 aliphatic carbocycles. The molecule has 0 spiro atoms. The fourth-order valence-corrected chi connectivity index (χ4v) is 10.2. The van der Waals surface area contributed by atoms with Crippen molar-refractivity contribution in [3.05, 3.63) is 136 Å². The first kappa shape index (κ1) is 54.4. The Morgan fingerprint density at radius 2 is 1.16 bits per heavy atom. The van der Waals surface area contributed by atoms with E-state index in [1.165, 1.54) is 12.1 Å². The number of hydrogen-bond donors (Lipinski definition) is 0. The van der Waals surface area contributed by atoms with Gasteiger partial charge in [0.2, 0.25) is 0 Å². The van der Waals surface area contributed by atoms with Crippen LogP contribution < -0.4 is 9.80 Å². The number of fused-ring (bicyclic) bond motifs is 2. The lowest BCUT2D eigenvalue weighted by molar-refractivity contribution is 0.00578. The molecule has 0 radical (unpaired) electrons. The molecule has 0 bridgehead atoms. The Morgan fingerprint density at radius 3 is 1.68 bits per heavy atom. The Bertz CT molecular complexity index is 3150. The van der Waals surface area contributed by atoms with Gasteiger partial charge in [0.05, 0.1) is 47.9 Å². The summed E-state index contributed by atoms with van der Waals surface area (Å²) < 4.78 is 54.7. The van der Waals surface area contributed by atoms with Crippen LogP contribution in [0.3, 0.4) is 0 Å². The van der Waals surface area contributed by atoms with E-state index in [2.05, 4.69) is 40.8 Å². The highest BCUT2D eigenvalue weighted by atomic mass is 79.9. The first-order chi connectivity index (χ1) is 35.9. The number of hydrogen-bond acceptors (Lipinski definition) is 12. The lowest BCUT2D eigenvalue weighted by Gasteiger charge is -2.32. The first-order valence-corrected chi connectivity index (χ1v) is 26.8. The van der Waals surface area contributed by atoms with Gasteiger partial charge in [-0.3, -0.25) is 0 Å². The summed E-state index contributed by atoms with van der Waals surface area (Å²) in [4.78, 5) is 41.1. The second-order valence-corrected chi connectivity index (χ2v) is 23.6. The zero-order valence-electron chi connectivity index (χ0n) is 45.1. The van der Waals surface area contributed by atoms with Gasteiger partial charge in [-0.05, 0) is 182 Å². The van der Waals surface area contributed by atoms with Crippen molar-refractivity contribution in [2.24, 2.45) is 0 Å². The Kier molecular flexibility index (Phi) is 15.4. The monoisotopic (exact) mass is 1100 g/mol. The molecule has 0 unspecified atom stereocenters. The maximum atomic E-state index is 13.8. The van der Waals surface area contributed by atoms with E-state index in [9.17, 15) is 18.4 Å². The van der Waals surface area contributed by atoms with E-state index in [0.29, 0.717) is 26.2 Å². The van der Waals surface area contributed by atoms with E-state index in [1.54, 1.807) is 51.0 Å². The Morgan fingerprint density at radius 1 is 0.671 bits per heavy atom. The highest BCUT2D eigenvalue weighted by Crippen LogP contribution is 2.40. The van der Waals surface area contributed by atoms with Gasteiger partial charge in [0.15, 0.2) is 11.3 Å². The Hall–Kier alpha value is -6.38. The van der Waals surface area contributed by atoms with Crippen LogP contribution in [0, 0.1) is 11.6 Å². The topological polar surface area (TPSA) is 144 Å². The van der Waals surface area contributed by atoms with Crippen molar-refractivity contribution in [3.8, 4) is 0 Å². The number of carbonyl (C=O) groups is 2. The molecule has 2 aromatic carbocycles. The number of imidazole rings is 2. The highest BCUT2D eigenvalue weighted by molar-refractivity contribution is 9.10. The smallest absolute Gasteiger partial charge is 0.444 e. The number of aromatic nitrogens is 6. The molecule has 3 saturated heterocycles. The van der Waals surface area contributed by atoms with Crippen LogP contribution in [0.2, 0.25) is 0 Å². The number of carbonyl (C=O) groups excluding carboxylic acids is 2. The van der Waals surface area contributed by atoms with Gasteiger partial charge in [-0.25, -0.2) is 37.4 Å². The zero-order valence-corrected chi connectivity index (χ0v) is 46.7. The molecule has 11 rings (SSSR count). The van der Waals surface area contributed by atoms with Crippen molar-refractivity contribution in [1.82, 2.24) is 39.0 Å². The molecule has 2 atom stereocenters. The van der Waals surface area contributed by atoms with Crippen molar-refractivity contribution in [3.63, 3.8) is 0 Å². The summed E-state index contributed by atoms with van der Waals surface area (Å²) in [6.07, 6.45) is 11.0. The molecule has 16 nitrogen and oxygen atoms in total. The summed E-state index contributed by atoms with van der Waals surface area (Å²) in [6, 6.07) is 21.8. The minimum Gasteiger partial charge on any atom is -0.444 e. The zero-order chi connectivity index (χ0) is 54.3. The summed E-state index contributed by atoms with van der Waals surface area (Å²) in [5.74, 6) is 1.31. The van der Waals surface area contributed by atoms with Crippen LogP contribution in [-0.4, -0.2) is 120 Å². The van der Waals surface area contributed by atoms with Crippen molar-refractivity contribution < 1.29 is 37.2 Å². The van der Waals surface area contributed by atoms with Crippen molar-refractivity contribution in [1.29, 1.82) is 0 Å². The molecular formula is C56H68BBrF2N10O6. The van der Waals surface area contributed by atoms with Gasteiger partial charge in [0.1, 0.15) is 39.1 Å². The normalized spacial score (nSPS) is 20.1. The van der Waals surface area contributed by atoms with E-state index >= 15 is 0 Å². The van der Waals surface area contributed by atoms with Crippen LogP contribution in [0.1, 0.15) is 124 Å². The highest BCUT2D eigenvalue weighted by Gasteiger charge is 2.53. The minimum absolute atomic E-state index is 0.0889. The molecule has 20 heteroatoms. The maximum Gasteiger partial charge on any atom is 0.492 e. The quantitative estimate of drug-likeness (QED) is 0.146. The third-order valence-corrected chi connectivity index (χ3v) is 14.8. The van der Waals surface area contributed by atoms with E-state index in [1.807, 2.05) is 122 Å². The number of benzene rings is 2. The SMILES string of the molecule is CC(C)(C)OC(=O)N1CC=C(B2OC(C)(C)C(C)(C)O2)C1.CC(C)(C)OC(=O)N1CC=C(c2cnc3ccc(N4CCC[C@@H]4c4cccc(F)c4)nn23)C1.Fc1cccc([C@H]2CCCN2c2ccc3ncc(Br)n3n2)c1. The van der Waals surface area contributed by atoms with E-state index in [4.69, 9.17) is 23.9 Å². The van der Waals surface area contributed by atoms with Gasteiger partial charge in [-0.2, -0.15) is 0 Å². The number of halogens is 3. The molecule has 0 N–H and O–H groups in total. The van der Waals surface area contributed by atoms with Crippen molar-refractivity contribution in [2.75, 3.05) is 49.1 Å². The molecule has 9 heterocycles. The standard InChI is InChI=1S/C25H28FN5O2.C16H14BrFN4.C15H26BNO4/c1-25(2,3)33-24(32)29-13-11-18(16-29)21-15-27-22-9-10-23(28-31(21)22)30-12-5-8-20(30)17-6-4-7-19(26)14-17;17-14-10-19-15-6-7-16(20-22(14)15)21-8-2-5-13(21)11-3-1-4-12(18)9-11;1-13(2,3)19-12(18)17-9-8-11(10-17)16-20-14(4,5)15(6,7)21-16/h4,6-7,9-11,14-15,20H,5,8,12-13,16H2,1-3H3;1,3-4,6-7,9-10,13H,2,5,8H2;8H,9-10H2,1-7H3/t20-;13-;/m11./s1. The van der Waals surface area contributed by atoms with Crippen molar-refractivity contribution >= 4 is 63.7 Å². The summed E-state index contributed by atoms with van der Waals surface area (Å²) in [7, 11) is -0.387. The van der Waals surface area contributed by atoms with Gasteiger partial charge >= 0.3 is 19.3 Å². The van der Waals surface area contributed by atoms with Gasteiger partial charge in [-0.15, -0.1) is 10.2 Å². The third-order valence-electron chi connectivity index (χ3n) is 14.3. The second-order valence-electron chi connectivity index (χ2n) is 22.8. The van der Waals surface area contributed by atoms with Crippen LogP contribution in [0.5, 0.6) is 0 Å². The average Bonchev–Trinajstić information content (AvgIpc) is 4.22. The number of anilines is 2. The molecule has 76 heavy (non-hydrogen) atoms. The largest absolute Gasteiger partial charge is 0.492 e. The molecular weight excluding hydrogens is 1040 g/mol. The Balaban J connectivity index is 0.000000145. The number of amides is 2. The number of ether oxygens (including phenoxy) is 2. The van der Waals surface area contributed by atoms with E-state index in [-0.39, 0.29) is 54.2 Å². The van der Waals surface area contributed by atoms with Crippen molar-refractivity contribution in [2.45, 2.75) is 129 Å². The minimum atomic E-state index is -0.534. The molecule has 6 aromatic rings. The molecule has 2 amide bonds. The summed E-state index contributed by atoms with van der Waals surface area (Å²) in [5, 5.41) is 9.55. The molecule has 3 fully saturated rings. The Labute approximate surface area is 452 Å². The van der Waals surface area contributed by atoms with Gasteiger partial charge < -0.3 is 38.4 Å². The number of nitrogens with zero attached hydrogens (tertiary/aromatic N) is 10. The molecule has 4 aromatic heterocycles. The molecule has 5 aliphatic heterocycles. The van der Waals surface area contributed by atoms with Crippen LogP contribution in [0.15, 0.2) is 107 Å². The van der Waals surface area contributed by atoms with E-state index < -0.39 is 11.2 Å². The average molecular weight is 1110 g/mol. The lowest BCUT2D eigenvalue weighted by atomic mass is 9.79. The lowest BCUT2D eigenvalue weighted by Crippen LogP contribution is -2.41. The third kappa shape index (κ3) is 12.2. The van der Waals surface area contributed by atoms with Crippen LogP contribution >= 0.6 is 15.9 Å². The second kappa shape index (κ2) is 21.6.